The average molecular weight is 480 g/mol. The summed E-state index contributed by atoms with van der Waals surface area (Å²) in [5.74, 6) is 1.45. The lowest BCUT2D eigenvalue weighted by Gasteiger charge is -2.30. The van der Waals surface area contributed by atoms with E-state index >= 15 is 0 Å². The smallest absolute Gasteiger partial charge is 0.212 e. The fourth-order valence-electron chi connectivity index (χ4n) is 3.71. The quantitative estimate of drug-likeness (QED) is 0.374. The lowest BCUT2D eigenvalue weighted by molar-refractivity contribution is 0.397. The number of pyridine rings is 1. The van der Waals surface area contributed by atoms with E-state index in [4.69, 9.17) is 4.74 Å². The highest BCUT2D eigenvalue weighted by molar-refractivity contribution is 14.0. The fraction of sp³-hybridized carbons (Fsp3) is 0.429. The van der Waals surface area contributed by atoms with E-state index in [9.17, 15) is 0 Å². The lowest BCUT2D eigenvalue weighted by atomic mass is 9.79. The van der Waals surface area contributed by atoms with Gasteiger partial charge in [-0.05, 0) is 24.0 Å². The molecule has 1 aromatic heterocycles. The van der Waals surface area contributed by atoms with Gasteiger partial charge >= 0.3 is 0 Å². The van der Waals surface area contributed by atoms with Gasteiger partial charge in [-0.3, -0.25) is 4.99 Å². The van der Waals surface area contributed by atoms with Crippen molar-refractivity contribution in [3.63, 3.8) is 0 Å². The number of guanidine groups is 1. The number of nitrogens with zero attached hydrogens (tertiary/aromatic N) is 2. The van der Waals surface area contributed by atoms with E-state index in [0.717, 1.165) is 18.1 Å². The van der Waals surface area contributed by atoms with Crippen LogP contribution in [0.3, 0.4) is 0 Å². The first-order chi connectivity index (χ1) is 12.8. The Hall–Kier alpha value is -1.83. The van der Waals surface area contributed by atoms with Crippen molar-refractivity contribution in [3.05, 3.63) is 59.8 Å². The third-order valence-corrected chi connectivity index (χ3v) is 5.23. The summed E-state index contributed by atoms with van der Waals surface area (Å²) in [6.07, 6.45) is 6.86. The van der Waals surface area contributed by atoms with Crippen LogP contribution in [0.15, 0.2) is 53.7 Å². The van der Waals surface area contributed by atoms with Gasteiger partial charge in [0, 0.05) is 37.8 Å². The number of aromatic nitrogens is 1. The Morgan fingerprint density at radius 2 is 1.85 bits per heavy atom. The van der Waals surface area contributed by atoms with Crippen LogP contribution in [0.1, 0.15) is 36.8 Å². The van der Waals surface area contributed by atoms with Gasteiger partial charge in [0.1, 0.15) is 0 Å². The topological polar surface area (TPSA) is 58.5 Å². The molecule has 146 valence electrons. The first-order valence-corrected chi connectivity index (χ1v) is 9.25. The minimum atomic E-state index is 0. The molecular formula is C21H29IN4O. The zero-order chi connectivity index (χ0) is 18.2. The number of nitrogens with one attached hydrogen (secondary N) is 2. The molecule has 1 heterocycles. The molecule has 0 saturated heterocycles. The first kappa shape index (κ1) is 21.5. The molecule has 2 aromatic rings. The molecule has 1 fully saturated rings. The minimum Gasteiger partial charge on any atom is -0.481 e. The maximum Gasteiger partial charge on any atom is 0.212 e. The predicted octanol–water partition coefficient (Wildman–Crippen LogP) is 3.89. The Morgan fingerprint density at radius 1 is 1.11 bits per heavy atom. The number of benzene rings is 1. The molecule has 0 amide bonds. The minimum absolute atomic E-state index is 0. The van der Waals surface area contributed by atoms with Crippen molar-refractivity contribution in [2.24, 2.45) is 4.99 Å². The normalized spacial score (nSPS) is 15.7. The van der Waals surface area contributed by atoms with Crippen molar-refractivity contribution in [1.29, 1.82) is 0 Å². The van der Waals surface area contributed by atoms with Crippen molar-refractivity contribution in [2.45, 2.75) is 37.6 Å². The highest BCUT2D eigenvalue weighted by atomic mass is 127. The highest BCUT2D eigenvalue weighted by Crippen LogP contribution is 2.40. The van der Waals surface area contributed by atoms with E-state index in [1.165, 1.54) is 31.2 Å². The lowest BCUT2D eigenvalue weighted by Crippen LogP contribution is -2.44. The van der Waals surface area contributed by atoms with Crippen molar-refractivity contribution in [1.82, 2.24) is 15.6 Å². The molecule has 2 N–H and O–H groups in total. The van der Waals surface area contributed by atoms with Gasteiger partial charge in [-0.2, -0.15) is 0 Å². The first-order valence-electron chi connectivity index (χ1n) is 9.25. The average Bonchev–Trinajstić information content (AvgIpc) is 3.19. The van der Waals surface area contributed by atoms with Crippen LogP contribution in [0.5, 0.6) is 5.88 Å². The Balaban J connectivity index is 0.00000261. The van der Waals surface area contributed by atoms with Crippen LogP contribution in [-0.4, -0.2) is 31.6 Å². The summed E-state index contributed by atoms with van der Waals surface area (Å²) in [6.45, 7) is 1.58. The molecule has 27 heavy (non-hydrogen) atoms. The maximum atomic E-state index is 5.10. The van der Waals surface area contributed by atoms with E-state index in [2.05, 4.69) is 50.9 Å². The van der Waals surface area contributed by atoms with Crippen LogP contribution in [0.4, 0.5) is 0 Å². The molecular weight excluding hydrogens is 451 g/mol. The van der Waals surface area contributed by atoms with E-state index in [1.54, 1.807) is 7.11 Å². The number of halogens is 1. The van der Waals surface area contributed by atoms with Gasteiger partial charge < -0.3 is 15.4 Å². The van der Waals surface area contributed by atoms with Crippen LogP contribution >= 0.6 is 24.0 Å². The SMILES string of the molecule is CN=C(NCc1ccc(OC)nc1)NCC1(c2ccccc2)CCCC1.I. The second kappa shape index (κ2) is 10.5. The summed E-state index contributed by atoms with van der Waals surface area (Å²) in [7, 11) is 3.43. The third kappa shape index (κ3) is 5.57. The van der Waals surface area contributed by atoms with E-state index in [0.29, 0.717) is 12.4 Å². The summed E-state index contributed by atoms with van der Waals surface area (Å²) in [5, 5.41) is 6.91. The Morgan fingerprint density at radius 3 is 2.44 bits per heavy atom. The van der Waals surface area contributed by atoms with Crippen molar-refractivity contribution < 1.29 is 4.74 Å². The number of hydrogen-bond acceptors (Lipinski definition) is 3. The summed E-state index contributed by atoms with van der Waals surface area (Å²) in [5.41, 5.74) is 2.73. The zero-order valence-electron chi connectivity index (χ0n) is 16.1. The van der Waals surface area contributed by atoms with E-state index < -0.39 is 0 Å². The largest absolute Gasteiger partial charge is 0.481 e. The molecule has 6 heteroatoms. The summed E-state index contributed by atoms with van der Waals surface area (Å²) in [4.78, 5) is 8.61. The molecule has 0 radical (unpaired) electrons. The number of hydrogen-bond donors (Lipinski definition) is 2. The van der Waals surface area contributed by atoms with E-state index in [-0.39, 0.29) is 29.4 Å². The molecule has 0 bridgehead atoms. The fourth-order valence-corrected chi connectivity index (χ4v) is 3.71. The number of methoxy groups -OCH3 is 1. The zero-order valence-corrected chi connectivity index (χ0v) is 18.4. The van der Waals surface area contributed by atoms with Crippen LogP contribution in [-0.2, 0) is 12.0 Å². The standard InChI is InChI=1S/C21H28N4O.HI/c1-22-20(24-15-17-10-11-19(26-2)23-14-17)25-16-21(12-6-7-13-21)18-8-4-3-5-9-18;/h3-5,8-11,14H,6-7,12-13,15-16H2,1-2H3,(H2,22,24,25);1H. The molecule has 1 aromatic carbocycles. The molecule has 0 unspecified atom stereocenters. The number of ether oxygens (including phenoxy) is 1. The Kier molecular flexibility index (Phi) is 8.34. The Bertz CT molecular complexity index is 713. The van der Waals surface area contributed by atoms with Gasteiger partial charge in [0.25, 0.3) is 0 Å². The van der Waals surface area contributed by atoms with Crippen molar-refractivity contribution in [2.75, 3.05) is 20.7 Å². The second-order valence-corrected chi connectivity index (χ2v) is 6.84. The van der Waals surface area contributed by atoms with Crippen LogP contribution in [0, 0.1) is 0 Å². The van der Waals surface area contributed by atoms with Gasteiger partial charge in [0.15, 0.2) is 5.96 Å². The van der Waals surface area contributed by atoms with Crippen LogP contribution in [0.25, 0.3) is 0 Å². The molecule has 5 nitrogen and oxygen atoms in total. The predicted molar refractivity (Wildman–Crippen MR) is 121 cm³/mol. The van der Waals surface area contributed by atoms with Gasteiger partial charge in [-0.1, -0.05) is 49.2 Å². The van der Waals surface area contributed by atoms with E-state index in [1.807, 2.05) is 25.4 Å². The summed E-state index contributed by atoms with van der Waals surface area (Å²) in [6, 6.07) is 14.8. The molecule has 0 atom stereocenters. The molecule has 1 aliphatic rings. The maximum absolute atomic E-state index is 5.10. The molecule has 3 rings (SSSR count). The molecule has 1 aliphatic carbocycles. The highest BCUT2D eigenvalue weighted by Gasteiger charge is 2.35. The van der Waals surface area contributed by atoms with Gasteiger partial charge in [-0.15, -0.1) is 24.0 Å². The van der Waals surface area contributed by atoms with Gasteiger partial charge in [0.2, 0.25) is 5.88 Å². The Labute approximate surface area is 179 Å². The summed E-state index contributed by atoms with van der Waals surface area (Å²) < 4.78 is 5.10. The number of aliphatic imine (C=N–C) groups is 1. The second-order valence-electron chi connectivity index (χ2n) is 6.84. The summed E-state index contributed by atoms with van der Waals surface area (Å²) >= 11 is 0. The molecule has 0 aliphatic heterocycles. The molecule has 0 spiro atoms. The number of rotatable bonds is 6. The van der Waals surface area contributed by atoms with Crippen molar-refractivity contribution >= 4 is 29.9 Å². The van der Waals surface area contributed by atoms with Gasteiger partial charge in [0.05, 0.1) is 7.11 Å². The van der Waals surface area contributed by atoms with Crippen LogP contribution < -0.4 is 15.4 Å². The molecule has 1 saturated carbocycles. The van der Waals surface area contributed by atoms with Crippen LogP contribution in [0.2, 0.25) is 0 Å². The van der Waals surface area contributed by atoms with Gasteiger partial charge in [-0.25, -0.2) is 4.98 Å². The monoisotopic (exact) mass is 480 g/mol. The third-order valence-electron chi connectivity index (χ3n) is 5.23. The van der Waals surface area contributed by atoms with Crippen molar-refractivity contribution in [3.8, 4) is 5.88 Å².